The topological polar surface area (TPSA) is 66.5 Å². The molecular weight excluding hydrogens is 508 g/mol. The van der Waals surface area contributed by atoms with Gasteiger partial charge in [0.1, 0.15) is 11.5 Å². The lowest BCUT2D eigenvalue weighted by Gasteiger charge is -2.39. The van der Waals surface area contributed by atoms with Crippen LogP contribution in [0.3, 0.4) is 0 Å². The number of carbonyl (C=O) groups excluding carboxylic acids is 3. The van der Waals surface area contributed by atoms with E-state index in [2.05, 4.69) is 30.1 Å². The zero-order valence-electron chi connectivity index (χ0n) is 24.7. The average molecular weight is 547 g/mol. The molecule has 3 aromatic carbocycles. The largest absolute Gasteiger partial charge is 0.352 e. The molecular formula is C36H38N2O3. The number of anilines is 2. The summed E-state index contributed by atoms with van der Waals surface area (Å²) in [7, 11) is 0. The van der Waals surface area contributed by atoms with Crippen molar-refractivity contribution in [2.24, 2.45) is 17.3 Å². The Kier molecular flexibility index (Phi) is 6.33. The number of rotatable bonds is 5. The third-order valence-corrected chi connectivity index (χ3v) is 9.06. The number of carbonyl (C=O) groups is 3. The van der Waals surface area contributed by atoms with Gasteiger partial charge in [-0.15, -0.1) is 0 Å². The fourth-order valence-corrected chi connectivity index (χ4v) is 7.29. The fourth-order valence-electron chi connectivity index (χ4n) is 7.29. The number of hydrogen-bond acceptors (Lipinski definition) is 4. The maximum atomic E-state index is 14.9. The van der Waals surface area contributed by atoms with Gasteiger partial charge in [-0.05, 0) is 48.1 Å². The van der Waals surface area contributed by atoms with Gasteiger partial charge in [-0.25, -0.2) is 0 Å². The first-order valence-electron chi connectivity index (χ1n) is 14.6. The molecule has 0 unspecified atom stereocenters. The van der Waals surface area contributed by atoms with Crippen LogP contribution in [-0.4, -0.2) is 29.6 Å². The molecule has 5 nitrogen and oxygen atoms in total. The summed E-state index contributed by atoms with van der Waals surface area (Å²) in [4.78, 5) is 46.0. The van der Waals surface area contributed by atoms with Crippen LogP contribution in [0.15, 0.2) is 78.9 Å². The standard InChI is InChI=1S/C36H38N2O3/c1-21(2)19-23-15-17-24(18-16-23)32(39)30-31(33(40)35(4,5)6)38-28-14-10-7-11-25(28)22(3)20-29(38)36(30)26-12-8-9-13-27(26)37-34(36)41/h7-18,20-21,29-31H,19H2,1-6H3,(H,37,41)/t29-,30+,31-,36+/m1/s1. The Hall–Kier alpha value is -3.99. The molecule has 0 saturated carbocycles. The van der Waals surface area contributed by atoms with Gasteiger partial charge in [0.15, 0.2) is 11.6 Å². The van der Waals surface area contributed by atoms with E-state index < -0.39 is 28.8 Å². The second-order valence-corrected chi connectivity index (χ2v) is 13.3. The highest BCUT2D eigenvalue weighted by Gasteiger charge is 2.71. The van der Waals surface area contributed by atoms with Crippen LogP contribution in [0.1, 0.15) is 68.6 Å². The van der Waals surface area contributed by atoms with Gasteiger partial charge in [-0.1, -0.05) is 101 Å². The van der Waals surface area contributed by atoms with Gasteiger partial charge in [0.25, 0.3) is 0 Å². The van der Waals surface area contributed by atoms with Gasteiger partial charge < -0.3 is 10.2 Å². The van der Waals surface area contributed by atoms with Crippen molar-refractivity contribution in [1.82, 2.24) is 0 Å². The second kappa shape index (κ2) is 9.54. The number of ketones is 2. The molecule has 41 heavy (non-hydrogen) atoms. The number of hydrogen-bond donors (Lipinski definition) is 1. The van der Waals surface area contributed by atoms with E-state index in [-0.39, 0.29) is 17.5 Å². The molecule has 6 rings (SSSR count). The molecule has 1 amide bonds. The molecule has 1 saturated heterocycles. The highest BCUT2D eigenvalue weighted by atomic mass is 16.2. The molecule has 0 aliphatic carbocycles. The van der Waals surface area contributed by atoms with E-state index in [1.54, 1.807) is 0 Å². The van der Waals surface area contributed by atoms with Crippen LogP contribution >= 0.6 is 0 Å². The normalized spacial score (nSPS) is 24.6. The molecule has 0 bridgehead atoms. The molecule has 5 heteroatoms. The Morgan fingerprint density at radius 1 is 0.951 bits per heavy atom. The van der Waals surface area contributed by atoms with Crippen molar-refractivity contribution in [3.05, 3.63) is 101 Å². The Morgan fingerprint density at radius 3 is 2.29 bits per heavy atom. The SMILES string of the molecule is CC1=C[C@H]2N(c3ccccc31)[C@@H](C(=O)C(C)(C)C)[C@@H](C(=O)c1ccc(CC(C)C)cc1)[C@@]21C(=O)Nc2ccccc21. The number of allylic oxidation sites excluding steroid dienone is 1. The van der Waals surface area contributed by atoms with Crippen molar-refractivity contribution >= 4 is 34.4 Å². The van der Waals surface area contributed by atoms with Gasteiger partial charge >= 0.3 is 0 Å². The first-order valence-corrected chi connectivity index (χ1v) is 14.6. The monoisotopic (exact) mass is 546 g/mol. The molecule has 4 atom stereocenters. The van der Waals surface area contributed by atoms with E-state index in [1.807, 2.05) is 100 Å². The third kappa shape index (κ3) is 4.00. The van der Waals surface area contributed by atoms with Crippen molar-refractivity contribution < 1.29 is 14.4 Å². The molecule has 1 spiro atoms. The number of benzene rings is 3. The van der Waals surface area contributed by atoms with Gasteiger partial charge in [0, 0.05) is 27.9 Å². The summed E-state index contributed by atoms with van der Waals surface area (Å²) >= 11 is 0. The number of para-hydroxylation sites is 2. The molecule has 3 aliphatic rings. The summed E-state index contributed by atoms with van der Waals surface area (Å²) in [5, 5.41) is 3.11. The number of Topliss-reactive ketones (excluding diaryl/α,β-unsaturated/α-hetero) is 2. The first-order chi connectivity index (χ1) is 19.5. The van der Waals surface area contributed by atoms with Gasteiger partial charge in [-0.2, -0.15) is 0 Å². The lowest BCUT2D eigenvalue weighted by Crippen LogP contribution is -2.51. The second-order valence-electron chi connectivity index (χ2n) is 13.3. The molecule has 0 radical (unpaired) electrons. The van der Waals surface area contributed by atoms with E-state index in [1.165, 1.54) is 0 Å². The minimum Gasteiger partial charge on any atom is -0.352 e. The predicted molar refractivity (Wildman–Crippen MR) is 164 cm³/mol. The predicted octanol–water partition coefficient (Wildman–Crippen LogP) is 6.86. The Morgan fingerprint density at radius 2 is 1.61 bits per heavy atom. The zero-order chi connectivity index (χ0) is 29.3. The van der Waals surface area contributed by atoms with Crippen LogP contribution in [-0.2, 0) is 21.4 Å². The lowest BCUT2D eigenvalue weighted by molar-refractivity contribution is -0.128. The van der Waals surface area contributed by atoms with E-state index in [4.69, 9.17) is 0 Å². The van der Waals surface area contributed by atoms with Crippen LogP contribution in [0, 0.1) is 17.3 Å². The molecule has 3 heterocycles. The maximum Gasteiger partial charge on any atom is 0.238 e. The number of nitrogens with one attached hydrogen (secondary N) is 1. The summed E-state index contributed by atoms with van der Waals surface area (Å²) in [6, 6.07) is 22.1. The Balaban J connectivity index is 1.63. The van der Waals surface area contributed by atoms with Crippen molar-refractivity contribution in [3.63, 3.8) is 0 Å². The summed E-state index contributed by atoms with van der Waals surface area (Å²) < 4.78 is 0. The molecule has 1 fully saturated rings. The Bertz CT molecular complexity index is 1590. The molecule has 3 aliphatic heterocycles. The van der Waals surface area contributed by atoms with Crippen molar-refractivity contribution in [2.45, 2.75) is 65.5 Å². The quantitative estimate of drug-likeness (QED) is 0.355. The lowest BCUT2D eigenvalue weighted by atomic mass is 9.63. The zero-order valence-corrected chi connectivity index (χ0v) is 24.7. The minimum atomic E-state index is -1.27. The molecule has 1 N–H and O–H groups in total. The van der Waals surface area contributed by atoms with Gasteiger partial charge in [0.2, 0.25) is 5.91 Å². The number of nitrogens with zero attached hydrogens (tertiary/aromatic N) is 1. The van der Waals surface area contributed by atoms with Gasteiger partial charge in [0.05, 0.1) is 12.0 Å². The summed E-state index contributed by atoms with van der Waals surface area (Å²) in [5.74, 6) is -0.874. The fraction of sp³-hybridized carbons (Fsp3) is 0.361. The third-order valence-electron chi connectivity index (χ3n) is 9.06. The van der Waals surface area contributed by atoms with Crippen molar-refractivity contribution in [2.75, 3.05) is 10.2 Å². The number of amides is 1. The van der Waals surface area contributed by atoms with Crippen LogP contribution < -0.4 is 10.2 Å². The van der Waals surface area contributed by atoms with Crippen LogP contribution in [0.4, 0.5) is 11.4 Å². The van der Waals surface area contributed by atoms with Crippen LogP contribution in [0.5, 0.6) is 0 Å². The smallest absolute Gasteiger partial charge is 0.238 e. The Labute approximate surface area is 242 Å². The summed E-state index contributed by atoms with van der Waals surface area (Å²) in [5.41, 5.74) is 4.10. The summed E-state index contributed by atoms with van der Waals surface area (Å²) in [6.07, 6.45) is 3.02. The minimum absolute atomic E-state index is 0.0471. The van der Waals surface area contributed by atoms with Crippen LogP contribution in [0.2, 0.25) is 0 Å². The van der Waals surface area contributed by atoms with Crippen LogP contribution in [0.25, 0.3) is 5.57 Å². The highest BCUT2D eigenvalue weighted by molar-refractivity contribution is 6.17. The highest BCUT2D eigenvalue weighted by Crippen LogP contribution is 2.59. The average Bonchev–Trinajstić information content (AvgIpc) is 3.40. The molecule has 0 aromatic heterocycles. The van der Waals surface area contributed by atoms with Crippen molar-refractivity contribution in [3.8, 4) is 0 Å². The van der Waals surface area contributed by atoms with Crippen molar-refractivity contribution in [1.29, 1.82) is 0 Å². The van der Waals surface area contributed by atoms with Gasteiger partial charge in [-0.3, -0.25) is 14.4 Å². The summed E-state index contributed by atoms with van der Waals surface area (Å²) in [6.45, 7) is 12.1. The molecule has 3 aromatic rings. The first kappa shape index (κ1) is 27.2. The molecule has 210 valence electrons. The number of fused-ring (bicyclic) bond motifs is 6. The van der Waals surface area contributed by atoms with E-state index >= 15 is 0 Å². The van der Waals surface area contributed by atoms with E-state index in [0.29, 0.717) is 17.2 Å². The van der Waals surface area contributed by atoms with E-state index in [0.717, 1.165) is 34.4 Å². The van der Waals surface area contributed by atoms with E-state index in [9.17, 15) is 14.4 Å². The maximum absolute atomic E-state index is 14.9.